The Balaban J connectivity index is 2.16. The lowest BCUT2D eigenvalue weighted by Crippen LogP contribution is -2.36. The molecule has 5 nitrogen and oxygen atoms in total. The molecule has 0 bridgehead atoms. The van der Waals surface area contributed by atoms with E-state index in [1.165, 1.54) is 6.26 Å². The van der Waals surface area contributed by atoms with Crippen LogP contribution in [-0.2, 0) is 16.9 Å². The first kappa shape index (κ1) is 16.5. The summed E-state index contributed by atoms with van der Waals surface area (Å²) in [5, 5.41) is 7.91. The van der Waals surface area contributed by atoms with Gasteiger partial charge >= 0.3 is 0 Å². The van der Waals surface area contributed by atoms with E-state index in [9.17, 15) is 8.42 Å². The van der Waals surface area contributed by atoms with E-state index in [2.05, 4.69) is 17.3 Å². The molecule has 1 fully saturated rings. The van der Waals surface area contributed by atoms with Crippen LogP contribution in [0.4, 0.5) is 0 Å². The summed E-state index contributed by atoms with van der Waals surface area (Å²) in [5.74, 6) is 0.347. The van der Waals surface area contributed by atoms with E-state index in [0.717, 1.165) is 44.3 Å². The third kappa shape index (κ3) is 4.30. The number of sulfone groups is 1. The molecular formula is C15H27N3O2S. The molecule has 1 aliphatic rings. The van der Waals surface area contributed by atoms with E-state index in [4.69, 9.17) is 0 Å². The maximum absolute atomic E-state index is 11.9. The minimum Gasteiger partial charge on any atom is -0.308 e. The van der Waals surface area contributed by atoms with Gasteiger partial charge < -0.3 is 5.32 Å². The Morgan fingerprint density at radius 2 is 2.24 bits per heavy atom. The van der Waals surface area contributed by atoms with Crippen LogP contribution in [0.5, 0.6) is 0 Å². The number of aromatic nitrogens is 2. The Kier molecular flexibility index (Phi) is 5.43. The standard InChI is InChI=1S/C15H27N3O2S/c1-4-9-16-15(14-8-10-18(2)17-14)12-6-5-7-13(11-12)21(3,19)20/h8,10,12-13,15-16H,4-7,9,11H2,1-3H3. The summed E-state index contributed by atoms with van der Waals surface area (Å²) in [5.41, 5.74) is 1.03. The predicted octanol–water partition coefficient (Wildman–Crippen LogP) is 2.06. The number of hydrogen-bond donors (Lipinski definition) is 1. The average molecular weight is 313 g/mol. The Hall–Kier alpha value is -0.880. The first-order chi connectivity index (χ1) is 9.91. The van der Waals surface area contributed by atoms with Crippen LogP contribution in [0.15, 0.2) is 12.3 Å². The molecule has 3 unspecified atom stereocenters. The molecule has 1 aromatic heterocycles. The molecule has 0 aromatic carbocycles. The van der Waals surface area contributed by atoms with Gasteiger partial charge in [0.25, 0.3) is 0 Å². The van der Waals surface area contributed by atoms with Crippen molar-refractivity contribution in [3.8, 4) is 0 Å². The average Bonchev–Trinajstić information content (AvgIpc) is 2.85. The van der Waals surface area contributed by atoms with E-state index >= 15 is 0 Å². The van der Waals surface area contributed by atoms with Gasteiger partial charge in [-0.05, 0) is 44.2 Å². The third-order valence-electron chi connectivity index (χ3n) is 4.41. The van der Waals surface area contributed by atoms with Crippen molar-refractivity contribution < 1.29 is 8.42 Å². The summed E-state index contributed by atoms with van der Waals surface area (Å²) in [6.07, 6.45) is 7.99. The normalized spacial score (nSPS) is 24.9. The largest absolute Gasteiger partial charge is 0.308 e. The van der Waals surface area contributed by atoms with Crippen molar-refractivity contribution in [2.75, 3.05) is 12.8 Å². The maximum atomic E-state index is 11.9. The molecule has 3 atom stereocenters. The first-order valence-electron chi connectivity index (χ1n) is 7.83. The molecule has 0 amide bonds. The minimum atomic E-state index is -2.94. The number of rotatable bonds is 6. The number of nitrogens with zero attached hydrogens (tertiary/aromatic N) is 2. The second-order valence-corrected chi connectivity index (χ2v) is 8.55. The van der Waals surface area contributed by atoms with Gasteiger partial charge in [-0.1, -0.05) is 13.3 Å². The van der Waals surface area contributed by atoms with Crippen LogP contribution in [0.25, 0.3) is 0 Å². The van der Waals surface area contributed by atoms with Crippen molar-refractivity contribution in [2.24, 2.45) is 13.0 Å². The van der Waals surface area contributed by atoms with Gasteiger partial charge in [0.15, 0.2) is 0 Å². The van der Waals surface area contributed by atoms with Gasteiger partial charge in [0.2, 0.25) is 0 Å². The quantitative estimate of drug-likeness (QED) is 0.873. The highest BCUT2D eigenvalue weighted by Gasteiger charge is 2.34. The van der Waals surface area contributed by atoms with Crippen LogP contribution >= 0.6 is 0 Å². The molecule has 1 aromatic rings. The van der Waals surface area contributed by atoms with E-state index in [1.807, 2.05) is 24.0 Å². The molecule has 2 rings (SSSR count). The Morgan fingerprint density at radius 3 is 2.81 bits per heavy atom. The zero-order valence-corrected chi connectivity index (χ0v) is 14.1. The molecule has 1 aliphatic carbocycles. The number of nitrogens with one attached hydrogen (secondary N) is 1. The molecule has 120 valence electrons. The number of hydrogen-bond acceptors (Lipinski definition) is 4. The van der Waals surface area contributed by atoms with Crippen molar-refractivity contribution >= 4 is 9.84 Å². The summed E-state index contributed by atoms with van der Waals surface area (Å²) < 4.78 is 25.6. The van der Waals surface area contributed by atoms with Gasteiger partial charge in [-0.3, -0.25) is 4.68 Å². The molecule has 0 aliphatic heterocycles. The molecule has 0 saturated heterocycles. The zero-order valence-electron chi connectivity index (χ0n) is 13.2. The van der Waals surface area contributed by atoms with Gasteiger partial charge in [0, 0.05) is 19.5 Å². The van der Waals surface area contributed by atoms with Crippen LogP contribution in [0.2, 0.25) is 0 Å². The van der Waals surface area contributed by atoms with Crippen LogP contribution in [0, 0.1) is 5.92 Å². The van der Waals surface area contributed by atoms with Crippen LogP contribution in [0.3, 0.4) is 0 Å². The van der Waals surface area contributed by atoms with Crippen molar-refractivity contribution in [2.45, 2.75) is 50.3 Å². The summed E-state index contributed by atoms with van der Waals surface area (Å²) >= 11 is 0. The molecule has 0 radical (unpaired) electrons. The highest BCUT2D eigenvalue weighted by atomic mass is 32.2. The van der Waals surface area contributed by atoms with E-state index in [-0.39, 0.29) is 11.3 Å². The molecule has 21 heavy (non-hydrogen) atoms. The van der Waals surface area contributed by atoms with E-state index in [1.54, 1.807) is 0 Å². The molecule has 1 N–H and O–H groups in total. The highest BCUT2D eigenvalue weighted by molar-refractivity contribution is 7.91. The SMILES string of the molecule is CCCNC(c1ccn(C)n1)C1CCCC(S(C)(=O)=O)C1. The van der Waals surface area contributed by atoms with Crippen LogP contribution < -0.4 is 5.32 Å². The van der Waals surface area contributed by atoms with Crippen LogP contribution in [-0.4, -0.2) is 36.2 Å². The summed E-state index contributed by atoms with van der Waals surface area (Å²) in [6, 6.07) is 2.20. The van der Waals surface area contributed by atoms with Gasteiger partial charge in [0.1, 0.15) is 9.84 Å². The van der Waals surface area contributed by atoms with Crippen molar-refractivity contribution in [3.63, 3.8) is 0 Å². The lowest BCUT2D eigenvalue weighted by Gasteiger charge is -2.33. The van der Waals surface area contributed by atoms with E-state index < -0.39 is 9.84 Å². The van der Waals surface area contributed by atoms with Gasteiger partial charge in [-0.2, -0.15) is 5.10 Å². The fourth-order valence-electron chi connectivity index (χ4n) is 3.28. The fraction of sp³-hybridized carbons (Fsp3) is 0.800. The Bertz CT molecular complexity index is 553. The van der Waals surface area contributed by atoms with Crippen molar-refractivity contribution in [1.82, 2.24) is 15.1 Å². The molecule has 1 saturated carbocycles. The molecule has 0 spiro atoms. The highest BCUT2D eigenvalue weighted by Crippen LogP contribution is 2.36. The Labute approximate surface area is 128 Å². The smallest absolute Gasteiger partial charge is 0.150 e. The Morgan fingerprint density at radius 1 is 1.48 bits per heavy atom. The maximum Gasteiger partial charge on any atom is 0.150 e. The van der Waals surface area contributed by atoms with Gasteiger partial charge in [0.05, 0.1) is 17.0 Å². The zero-order chi connectivity index (χ0) is 15.5. The fourth-order valence-corrected chi connectivity index (χ4v) is 4.48. The lowest BCUT2D eigenvalue weighted by atomic mass is 9.82. The van der Waals surface area contributed by atoms with Crippen LogP contribution in [0.1, 0.15) is 50.8 Å². The topological polar surface area (TPSA) is 64.0 Å². The van der Waals surface area contributed by atoms with E-state index in [0.29, 0.717) is 5.92 Å². The second-order valence-electron chi connectivity index (χ2n) is 6.22. The monoisotopic (exact) mass is 313 g/mol. The molecule has 6 heteroatoms. The minimum absolute atomic E-state index is 0.163. The van der Waals surface area contributed by atoms with Gasteiger partial charge in [-0.25, -0.2) is 8.42 Å². The van der Waals surface area contributed by atoms with Gasteiger partial charge in [-0.15, -0.1) is 0 Å². The second kappa shape index (κ2) is 6.92. The summed E-state index contributed by atoms with van der Waals surface area (Å²) in [4.78, 5) is 0. The molecular weight excluding hydrogens is 286 g/mol. The third-order valence-corrected chi connectivity index (χ3v) is 6.05. The number of aryl methyl sites for hydroxylation is 1. The molecule has 1 heterocycles. The first-order valence-corrected chi connectivity index (χ1v) is 9.79. The summed E-state index contributed by atoms with van der Waals surface area (Å²) in [6.45, 7) is 3.07. The summed E-state index contributed by atoms with van der Waals surface area (Å²) in [7, 11) is -1.03. The predicted molar refractivity (Wildman–Crippen MR) is 84.8 cm³/mol. The van der Waals surface area contributed by atoms with Crippen molar-refractivity contribution in [1.29, 1.82) is 0 Å². The lowest BCUT2D eigenvalue weighted by molar-refractivity contribution is 0.268. The van der Waals surface area contributed by atoms with Crippen molar-refractivity contribution in [3.05, 3.63) is 18.0 Å².